The largest absolute Gasteiger partial charge is 0.478 e. The highest BCUT2D eigenvalue weighted by Gasteiger charge is 2.22. The molecule has 1 aromatic heterocycles. The van der Waals surface area contributed by atoms with E-state index in [0.29, 0.717) is 26.3 Å². The maximum atomic E-state index is 11.8. The van der Waals surface area contributed by atoms with E-state index in [0.717, 1.165) is 18.2 Å². The van der Waals surface area contributed by atoms with Crippen molar-refractivity contribution in [1.82, 2.24) is 19.7 Å². The quantitative estimate of drug-likeness (QED) is 0.183. The number of morpholine rings is 1. The Bertz CT molecular complexity index is 1350. The van der Waals surface area contributed by atoms with E-state index >= 15 is 0 Å². The number of ether oxygens (including phenoxy) is 1. The first-order valence-corrected chi connectivity index (χ1v) is 14.6. The van der Waals surface area contributed by atoms with Gasteiger partial charge in [-0.05, 0) is 25.1 Å². The van der Waals surface area contributed by atoms with E-state index in [1.54, 1.807) is 4.90 Å². The average molecular weight is 576 g/mol. The molecule has 0 spiro atoms. The molecule has 0 bridgehead atoms. The number of aromatic carboxylic acids is 1. The van der Waals surface area contributed by atoms with E-state index in [1.807, 2.05) is 0 Å². The summed E-state index contributed by atoms with van der Waals surface area (Å²) >= 11 is 0. The van der Waals surface area contributed by atoms with Gasteiger partial charge >= 0.3 is 5.97 Å². The molecular weight excluding hydrogens is 546 g/mol. The molecule has 0 atom stereocenters. The van der Waals surface area contributed by atoms with Crippen molar-refractivity contribution in [3.8, 4) is 0 Å². The minimum atomic E-state index is -4.64. The molecule has 0 amide bonds. The molecule has 1 fully saturated rings. The molecule has 38 heavy (non-hydrogen) atoms. The molecule has 16 nitrogen and oxygen atoms in total. The van der Waals surface area contributed by atoms with Gasteiger partial charge in [0.25, 0.3) is 10.1 Å². The zero-order valence-corrected chi connectivity index (χ0v) is 22.1. The van der Waals surface area contributed by atoms with Gasteiger partial charge in [0, 0.05) is 32.7 Å². The Kier molecular flexibility index (Phi) is 9.74. The lowest BCUT2D eigenvalue weighted by molar-refractivity contribution is 0.0697. The fourth-order valence-electron chi connectivity index (χ4n) is 3.42. The second kappa shape index (κ2) is 12.6. The van der Waals surface area contributed by atoms with E-state index in [4.69, 9.17) is 4.74 Å². The number of sulfonamides is 1. The van der Waals surface area contributed by atoms with Gasteiger partial charge in [0.05, 0.1) is 41.7 Å². The molecule has 1 aliphatic rings. The topological polar surface area (TPSA) is 224 Å². The number of aromatic nitrogens is 3. The molecule has 1 saturated heterocycles. The number of aliphatic hydroxyl groups is 1. The number of rotatable bonds is 13. The normalized spacial score (nSPS) is 14.3. The Labute approximate surface area is 219 Å². The summed E-state index contributed by atoms with van der Waals surface area (Å²) in [7, 11) is -8.11. The molecule has 0 saturated carbocycles. The van der Waals surface area contributed by atoms with E-state index in [-0.39, 0.29) is 61.1 Å². The fourth-order valence-corrected chi connectivity index (χ4v) is 4.53. The summed E-state index contributed by atoms with van der Waals surface area (Å²) in [6, 6.07) is 2.89. The number of aliphatic hydroxyl groups excluding tert-OH is 1. The SMILES string of the molecule is CCS(=O)(=O)NCCN(CCO)c1nc(Nc2cc(S(=O)(=O)O)ccc2C(=O)O)nc(N2CCOCC2)n1. The Morgan fingerprint density at radius 2 is 1.84 bits per heavy atom. The number of carbonyl (C=O) groups is 1. The minimum absolute atomic E-state index is 0.00290. The number of benzene rings is 1. The Morgan fingerprint density at radius 3 is 2.45 bits per heavy atom. The summed E-state index contributed by atoms with van der Waals surface area (Å²) in [6.45, 7) is 3.01. The molecule has 210 valence electrons. The van der Waals surface area contributed by atoms with Crippen LogP contribution in [0.5, 0.6) is 0 Å². The number of nitrogens with one attached hydrogen (secondary N) is 2. The van der Waals surface area contributed by atoms with Crippen molar-refractivity contribution in [1.29, 1.82) is 0 Å². The highest BCUT2D eigenvalue weighted by molar-refractivity contribution is 7.89. The summed E-state index contributed by atoms with van der Waals surface area (Å²) < 4.78 is 64.1. The van der Waals surface area contributed by atoms with Gasteiger partial charge in [0.2, 0.25) is 27.9 Å². The van der Waals surface area contributed by atoms with Crippen molar-refractivity contribution < 1.29 is 41.1 Å². The maximum absolute atomic E-state index is 11.8. The average Bonchev–Trinajstić information content (AvgIpc) is 2.87. The monoisotopic (exact) mass is 575 g/mol. The number of hydrogen-bond donors (Lipinski definition) is 5. The lowest BCUT2D eigenvalue weighted by Crippen LogP contribution is -2.40. The van der Waals surface area contributed by atoms with Crippen molar-refractivity contribution in [2.45, 2.75) is 11.8 Å². The van der Waals surface area contributed by atoms with Crippen LogP contribution in [0.15, 0.2) is 23.1 Å². The van der Waals surface area contributed by atoms with Crippen LogP contribution in [0.1, 0.15) is 17.3 Å². The van der Waals surface area contributed by atoms with Crippen LogP contribution in [0.4, 0.5) is 23.5 Å². The van der Waals surface area contributed by atoms with Crippen LogP contribution in [0, 0.1) is 0 Å². The summed E-state index contributed by atoms with van der Waals surface area (Å²) in [5.41, 5.74) is -0.518. The summed E-state index contributed by atoms with van der Waals surface area (Å²) in [4.78, 5) is 27.6. The molecule has 0 aliphatic carbocycles. The van der Waals surface area contributed by atoms with Crippen LogP contribution in [0.25, 0.3) is 0 Å². The van der Waals surface area contributed by atoms with Crippen LogP contribution < -0.4 is 19.8 Å². The summed E-state index contributed by atoms with van der Waals surface area (Å²) in [6.07, 6.45) is 0. The molecule has 0 unspecified atom stereocenters. The van der Waals surface area contributed by atoms with E-state index < -0.39 is 31.0 Å². The van der Waals surface area contributed by atoms with Crippen molar-refractivity contribution >= 4 is 49.6 Å². The van der Waals surface area contributed by atoms with Gasteiger partial charge in [-0.25, -0.2) is 17.9 Å². The smallest absolute Gasteiger partial charge is 0.337 e. The molecule has 0 radical (unpaired) electrons. The molecule has 18 heteroatoms. The van der Waals surface area contributed by atoms with Crippen LogP contribution in [-0.4, -0.2) is 111 Å². The minimum Gasteiger partial charge on any atom is -0.478 e. The third kappa shape index (κ3) is 7.92. The second-order valence-electron chi connectivity index (χ2n) is 7.98. The maximum Gasteiger partial charge on any atom is 0.337 e. The number of carboxylic acid groups (broad SMARTS) is 1. The molecular formula is C20H29N7O9S2. The first-order chi connectivity index (χ1) is 17.9. The fraction of sp³-hybridized carbons (Fsp3) is 0.500. The predicted molar refractivity (Wildman–Crippen MR) is 136 cm³/mol. The standard InChI is InChI=1S/C20H29N7O9S2/c1-2-37(31,32)21-5-6-26(7-10-28)19-23-18(24-20(25-19)27-8-11-36-12-9-27)22-16-13-14(38(33,34)35)3-4-15(16)17(29)30/h3-4,13,21,28H,2,5-12H2,1H3,(H,29,30)(H,33,34,35)(H,22,23,24,25). The molecule has 2 aromatic rings. The van der Waals surface area contributed by atoms with Crippen molar-refractivity contribution in [3.63, 3.8) is 0 Å². The zero-order valence-electron chi connectivity index (χ0n) is 20.4. The predicted octanol–water partition coefficient (Wildman–Crippen LogP) is -0.865. The molecule has 1 aromatic carbocycles. The van der Waals surface area contributed by atoms with Crippen molar-refractivity contribution in [2.24, 2.45) is 0 Å². The second-order valence-corrected chi connectivity index (χ2v) is 11.5. The highest BCUT2D eigenvalue weighted by Crippen LogP contribution is 2.26. The van der Waals surface area contributed by atoms with E-state index in [1.165, 1.54) is 11.8 Å². The van der Waals surface area contributed by atoms with Gasteiger partial charge < -0.3 is 30.1 Å². The van der Waals surface area contributed by atoms with E-state index in [2.05, 4.69) is 25.0 Å². The van der Waals surface area contributed by atoms with Crippen molar-refractivity contribution in [3.05, 3.63) is 23.8 Å². The third-order valence-corrected chi connectivity index (χ3v) is 7.66. The summed E-state index contributed by atoms with van der Waals surface area (Å²) in [5.74, 6) is -1.38. The van der Waals surface area contributed by atoms with Gasteiger partial charge in [-0.1, -0.05) is 0 Å². The van der Waals surface area contributed by atoms with Crippen molar-refractivity contribution in [2.75, 3.05) is 73.4 Å². The van der Waals surface area contributed by atoms with E-state index in [9.17, 15) is 36.4 Å². The first-order valence-electron chi connectivity index (χ1n) is 11.5. The Morgan fingerprint density at radius 1 is 1.13 bits per heavy atom. The van der Waals surface area contributed by atoms with Gasteiger partial charge in [-0.3, -0.25) is 4.55 Å². The molecule has 3 rings (SSSR count). The van der Waals surface area contributed by atoms with Crippen LogP contribution in [-0.2, 0) is 24.9 Å². The number of carboxylic acids is 1. The Balaban J connectivity index is 2.03. The lowest BCUT2D eigenvalue weighted by Gasteiger charge is -2.28. The van der Waals surface area contributed by atoms with Gasteiger partial charge in [0.15, 0.2) is 0 Å². The summed E-state index contributed by atoms with van der Waals surface area (Å²) in [5, 5.41) is 21.9. The highest BCUT2D eigenvalue weighted by atomic mass is 32.2. The van der Waals surface area contributed by atoms with Gasteiger partial charge in [0.1, 0.15) is 0 Å². The zero-order chi connectivity index (χ0) is 27.9. The molecule has 5 N–H and O–H groups in total. The van der Waals surface area contributed by atoms with Crippen LogP contribution >= 0.6 is 0 Å². The first kappa shape index (κ1) is 29.4. The molecule has 2 heterocycles. The van der Waals surface area contributed by atoms with Gasteiger partial charge in [-0.15, -0.1) is 0 Å². The number of anilines is 4. The van der Waals surface area contributed by atoms with Crippen LogP contribution in [0.2, 0.25) is 0 Å². The van der Waals surface area contributed by atoms with Gasteiger partial charge in [-0.2, -0.15) is 23.4 Å². The number of nitrogens with zero attached hydrogens (tertiary/aromatic N) is 5. The third-order valence-electron chi connectivity index (χ3n) is 5.41. The Hall–Kier alpha value is -3.16. The number of hydrogen-bond acceptors (Lipinski definition) is 13. The van der Waals surface area contributed by atoms with Crippen LogP contribution in [0.3, 0.4) is 0 Å². The lowest BCUT2D eigenvalue weighted by atomic mass is 10.2. The molecule has 1 aliphatic heterocycles.